The van der Waals surface area contributed by atoms with Crippen LogP contribution < -0.4 is 15.5 Å². The second-order valence-corrected chi connectivity index (χ2v) is 7.28. The van der Waals surface area contributed by atoms with Gasteiger partial charge in [-0.2, -0.15) is 4.98 Å². The van der Waals surface area contributed by atoms with Gasteiger partial charge in [-0.05, 0) is 48.5 Å². The number of fused-ring (bicyclic) bond motifs is 2. The summed E-state index contributed by atoms with van der Waals surface area (Å²) < 4.78 is 13.2. The predicted molar refractivity (Wildman–Crippen MR) is 122 cm³/mol. The van der Waals surface area contributed by atoms with E-state index < -0.39 is 0 Å². The molecule has 3 heterocycles. The number of carbonyl (C=O) groups is 2. The van der Waals surface area contributed by atoms with Crippen molar-refractivity contribution in [2.24, 2.45) is 4.99 Å². The summed E-state index contributed by atoms with van der Waals surface area (Å²) in [6.07, 6.45) is 2.65. The van der Waals surface area contributed by atoms with E-state index in [9.17, 15) is 14.0 Å². The monoisotopic (exact) mass is 443 g/mol. The van der Waals surface area contributed by atoms with Gasteiger partial charge in [0.15, 0.2) is 5.82 Å². The van der Waals surface area contributed by atoms with Crippen LogP contribution in [0.15, 0.2) is 72.4 Å². The summed E-state index contributed by atoms with van der Waals surface area (Å²) in [4.78, 5) is 41.5. The highest BCUT2D eigenvalue weighted by atomic mass is 19.1. The standard InChI is InChI=1S/C23H18FN7O2/c1-2-19(32)27-16-4-3-5-17(12-16)31-20-18(21(33)30-11-10-25-23(30)31)13-26-22(29-20)28-15-8-6-14(24)7-9-15/h2-9,12-13H,1,10-11H2,(H,27,32)(H,26,28,29). The molecule has 9 nitrogen and oxygen atoms in total. The van der Waals surface area contributed by atoms with Gasteiger partial charge in [0, 0.05) is 24.1 Å². The highest BCUT2D eigenvalue weighted by molar-refractivity contribution is 6.21. The molecule has 2 aliphatic heterocycles. The summed E-state index contributed by atoms with van der Waals surface area (Å²) >= 11 is 0. The molecule has 0 bridgehead atoms. The summed E-state index contributed by atoms with van der Waals surface area (Å²) in [6, 6.07) is 12.9. The largest absolute Gasteiger partial charge is 0.324 e. The lowest BCUT2D eigenvalue weighted by atomic mass is 10.1. The Morgan fingerprint density at radius 2 is 1.97 bits per heavy atom. The average Bonchev–Trinajstić information content (AvgIpc) is 3.31. The molecule has 0 unspecified atom stereocenters. The van der Waals surface area contributed by atoms with E-state index in [1.807, 2.05) is 6.07 Å². The van der Waals surface area contributed by atoms with Gasteiger partial charge in [-0.1, -0.05) is 12.6 Å². The minimum absolute atomic E-state index is 0.234. The van der Waals surface area contributed by atoms with E-state index in [0.29, 0.717) is 47.5 Å². The number of aromatic nitrogens is 2. The summed E-state index contributed by atoms with van der Waals surface area (Å²) in [7, 11) is 0. The molecule has 2 aliphatic rings. The molecule has 0 saturated carbocycles. The van der Waals surface area contributed by atoms with Gasteiger partial charge in [-0.25, -0.2) is 9.37 Å². The molecule has 1 aromatic heterocycles. The first-order valence-electron chi connectivity index (χ1n) is 10.1. The quantitative estimate of drug-likeness (QED) is 0.586. The molecule has 0 spiro atoms. The SMILES string of the molecule is C=CC(=O)Nc1cccc(N2C3=NCCN3C(=O)c3cnc(Nc4ccc(F)cc4)nc32)c1. The minimum Gasteiger partial charge on any atom is -0.324 e. The Bertz CT molecular complexity index is 1310. The molecule has 0 saturated heterocycles. The van der Waals surface area contributed by atoms with Gasteiger partial charge in [0.1, 0.15) is 11.4 Å². The highest BCUT2D eigenvalue weighted by Gasteiger charge is 2.39. The van der Waals surface area contributed by atoms with Crippen molar-refractivity contribution in [1.29, 1.82) is 0 Å². The van der Waals surface area contributed by atoms with E-state index in [1.54, 1.807) is 40.1 Å². The van der Waals surface area contributed by atoms with Crippen molar-refractivity contribution in [3.05, 3.63) is 78.8 Å². The van der Waals surface area contributed by atoms with Crippen LogP contribution in [-0.2, 0) is 4.79 Å². The van der Waals surface area contributed by atoms with Crippen molar-refractivity contribution >= 4 is 46.6 Å². The Labute approximate surface area is 188 Å². The summed E-state index contributed by atoms with van der Waals surface area (Å²) in [5.41, 5.74) is 2.13. The zero-order chi connectivity index (χ0) is 22.9. The third-order valence-electron chi connectivity index (χ3n) is 5.13. The number of nitrogens with one attached hydrogen (secondary N) is 2. The van der Waals surface area contributed by atoms with Crippen LogP contribution in [0.2, 0.25) is 0 Å². The van der Waals surface area contributed by atoms with Gasteiger partial charge in [0.2, 0.25) is 17.8 Å². The Morgan fingerprint density at radius 1 is 1.15 bits per heavy atom. The van der Waals surface area contributed by atoms with Crippen LogP contribution in [0.5, 0.6) is 0 Å². The number of anilines is 5. The van der Waals surface area contributed by atoms with Crippen LogP contribution in [0.3, 0.4) is 0 Å². The third-order valence-corrected chi connectivity index (χ3v) is 5.13. The lowest BCUT2D eigenvalue weighted by Crippen LogP contribution is -2.48. The molecule has 0 atom stereocenters. The number of aliphatic imine (C=N–C) groups is 1. The lowest BCUT2D eigenvalue weighted by molar-refractivity contribution is -0.111. The fraction of sp³-hybridized carbons (Fsp3) is 0.0870. The molecular weight excluding hydrogens is 425 g/mol. The molecule has 0 radical (unpaired) electrons. The van der Waals surface area contributed by atoms with Gasteiger partial charge in [-0.3, -0.25) is 24.4 Å². The molecule has 3 aromatic rings. The number of halogens is 1. The van der Waals surface area contributed by atoms with Gasteiger partial charge in [0.05, 0.1) is 12.2 Å². The number of nitrogens with zero attached hydrogens (tertiary/aromatic N) is 5. The van der Waals surface area contributed by atoms with Crippen LogP contribution >= 0.6 is 0 Å². The normalized spacial score (nSPS) is 14.3. The number of hydrogen-bond acceptors (Lipinski definition) is 7. The number of hydrogen-bond donors (Lipinski definition) is 2. The highest BCUT2D eigenvalue weighted by Crippen LogP contribution is 2.36. The van der Waals surface area contributed by atoms with E-state index >= 15 is 0 Å². The molecule has 0 fully saturated rings. The lowest BCUT2D eigenvalue weighted by Gasteiger charge is -2.35. The van der Waals surface area contributed by atoms with E-state index in [0.717, 1.165) is 0 Å². The molecule has 33 heavy (non-hydrogen) atoms. The zero-order valence-corrected chi connectivity index (χ0v) is 17.3. The van der Waals surface area contributed by atoms with Crippen molar-refractivity contribution in [3.63, 3.8) is 0 Å². The van der Waals surface area contributed by atoms with Gasteiger partial charge in [0.25, 0.3) is 5.91 Å². The van der Waals surface area contributed by atoms with Crippen molar-refractivity contribution in [2.75, 3.05) is 28.6 Å². The summed E-state index contributed by atoms with van der Waals surface area (Å²) in [5, 5.41) is 5.76. The molecular formula is C23H18FN7O2. The number of rotatable bonds is 5. The van der Waals surface area contributed by atoms with Gasteiger partial charge < -0.3 is 10.6 Å². The van der Waals surface area contributed by atoms with E-state index in [2.05, 4.69) is 32.2 Å². The van der Waals surface area contributed by atoms with Crippen molar-refractivity contribution < 1.29 is 14.0 Å². The molecule has 2 aromatic carbocycles. The molecule has 164 valence electrons. The third kappa shape index (κ3) is 3.78. The molecule has 0 aliphatic carbocycles. The fourth-order valence-electron chi connectivity index (χ4n) is 3.63. The first kappa shape index (κ1) is 20.3. The van der Waals surface area contributed by atoms with Crippen LogP contribution in [0.1, 0.15) is 10.4 Å². The number of amides is 2. The van der Waals surface area contributed by atoms with Gasteiger partial charge in [-0.15, -0.1) is 0 Å². The average molecular weight is 443 g/mol. The Balaban J connectivity index is 1.58. The molecule has 5 rings (SSSR count). The number of carbonyl (C=O) groups excluding carboxylic acids is 2. The smallest absolute Gasteiger partial charge is 0.266 e. The van der Waals surface area contributed by atoms with E-state index in [1.165, 1.54) is 24.4 Å². The minimum atomic E-state index is -0.355. The van der Waals surface area contributed by atoms with Crippen molar-refractivity contribution in [2.45, 2.75) is 0 Å². The summed E-state index contributed by atoms with van der Waals surface area (Å²) in [6.45, 7) is 4.38. The number of benzene rings is 2. The maximum Gasteiger partial charge on any atom is 0.266 e. The summed E-state index contributed by atoms with van der Waals surface area (Å²) in [5.74, 6) is 0.110. The van der Waals surface area contributed by atoms with Crippen LogP contribution in [0, 0.1) is 5.82 Å². The molecule has 2 N–H and O–H groups in total. The van der Waals surface area contributed by atoms with Crippen LogP contribution in [0.4, 0.5) is 33.2 Å². The maximum absolute atomic E-state index is 13.2. The van der Waals surface area contributed by atoms with Crippen LogP contribution in [0.25, 0.3) is 0 Å². The number of guanidine groups is 1. The first-order valence-corrected chi connectivity index (χ1v) is 10.1. The second kappa shape index (κ2) is 8.15. The topological polar surface area (TPSA) is 103 Å². The first-order chi connectivity index (χ1) is 16.0. The van der Waals surface area contributed by atoms with Gasteiger partial charge >= 0.3 is 0 Å². The predicted octanol–water partition coefficient (Wildman–Crippen LogP) is 3.45. The van der Waals surface area contributed by atoms with E-state index in [-0.39, 0.29) is 23.6 Å². The van der Waals surface area contributed by atoms with Crippen molar-refractivity contribution in [3.8, 4) is 0 Å². The Hall–Kier alpha value is -4.60. The zero-order valence-electron chi connectivity index (χ0n) is 17.3. The molecule has 10 heteroatoms. The second-order valence-electron chi connectivity index (χ2n) is 7.28. The fourth-order valence-corrected chi connectivity index (χ4v) is 3.63. The Kier molecular flexibility index (Phi) is 5.02. The maximum atomic E-state index is 13.2. The van der Waals surface area contributed by atoms with Crippen LogP contribution in [-0.4, -0.2) is 45.7 Å². The van der Waals surface area contributed by atoms with Crippen molar-refractivity contribution in [1.82, 2.24) is 14.9 Å². The van der Waals surface area contributed by atoms with E-state index in [4.69, 9.17) is 0 Å². The Morgan fingerprint density at radius 3 is 2.76 bits per heavy atom. The molecule has 2 amide bonds.